The molecule has 1 aromatic carbocycles. The van der Waals surface area contributed by atoms with E-state index >= 15 is 0 Å². The number of thiophene rings is 1. The minimum Gasteiger partial charge on any atom is -0.490 e. The molecule has 0 unspecified atom stereocenters. The zero-order chi connectivity index (χ0) is 19.9. The second-order valence-corrected chi connectivity index (χ2v) is 7.64. The first-order valence-corrected chi connectivity index (χ1v) is 10.1. The van der Waals surface area contributed by atoms with Crippen LogP contribution < -0.4 is 10.1 Å². The highest BCUT2D eigenvalue weighted by Gasteiger charge is 2.17. The van der Waals surface area contributed by atoms with Crippen molar-refractivity contribution >= 4 is 45.2 Å². The van der Waals surface area contributed by atoms with Crippen molar-refractivity contribution < 1.29 is 9.53 Å². The molecule has 0 radical (unpaired) electrons. The van der Waals surface area contributed by atoms with E-state index in [0.717, 1.165) is 16.2 Å². The third-order valence-corrected chi connectivity index (χ3v) is 5.46. The summed E-state index contributed by atoms with van der Waals surface area (Å²) >= 11 is 2.82. The van der Waals surface area contributed by atoms with Crippen molar-refractivity contribution in [2.24, 2.45) is 0 Å². The van der Waals surface area contributed by atoms with Gasteiger partial charge in [-0.05, 0) is 35.2 Å². The third kappa shape index (κ3) is 4.74. The van der Waals surface area contributed by atoms with Crippen LogP contribution in [0, 0.1) is 11.3 Å². The number of carbonyl (C=O) groups is 1. The number of rotatable bonds is 7. The lowest BCUT2D eigenvalue weighted by atomic mass is 10.1. The van der Waals surface area contributed by atoms with Crippen molar-refractivity contribution in [1.82, 2.24) is 4.98 Å². The number of thiazole rings is 1. The van der Waals surface area contributed by atoms with Crippen LogP contribution in [0.15, 0.2) is 54.4 Å². The van der Waals surface area contributed by atoms with Gasteiger partial charge in [-0.15, -0.1) is 11.3 Å². The van der Waals surface area contributed by atoms with E-state index in [0.29, 0.717) is 27.9 Å². The summed E-state index contributed by atoms with van der Waals surface area (Å²) < 4.78 is 5.47. The molecule has 5 nitrogen and oxygen atoms in total. The number of hydrogen-bond acceptors (Lipinski definition) is 6. The second-order valence-electron chi connectivity index (χ2n) is 5.69. The van der Waals surface area contributed by atoms with Gasteiger partial charge in [0.05, 0.1) is 10.5 Å². The van der Waals surface area contributed by atoms with Gasteiger partial charge in [0.1, 0.15) is 34.1 Å². The average molecular weight is 408 g/mol. The first kappa shape index (κ1) is 19.5. The number of hydrogen-bond donors (Lipinski definition) is 1. The van der Waals surface area contributed by atoms with E-state index in [-0.39, 0.29) is 5.91 Å². The van der Waals surface area contributed by atoms with Crippen LogP contribution in [0.5, 0.6) is 5.75 Å². The van der Waals surface area contributed by atoms with Crippen molar-refractivity contribution in [2.75, 3.05) is 11.9 Å². The highest BCUT2D eigenvalue weighted by Crippen LogP contribution is 2.38. The van der Waals surface area contributed by atoms with Gasteiger partial charge in [0, 0.05) is 6.92 Å². The fourth-order valence-corrected chi connectivity index (χ4v) is 4.16. The van der Waals surface area contributed by atoms with Crippen LogP contribution in [-0.4, -0.2) is 17.5 Å². The van der Waals surface area contributed by atoms with Crippen LogP contribution in [0.2, 0.25) is 0 Å². The molecule has 0 atom stereocenters. The lowest BCUT2D eigenvalue weighted by Crippen LogP contribution is -2.04. The Morgan fingerprint density at radius 3 is 2.75 bits per heavy atom. The highest BCUT2D eigenvalue weighted by molar-refractivity contribution is 7.18. The fourth-order valence-electron chi connectivity index (χ4n) is 2.38. The van der Waals surface area contributed by atoms with Gasteiger partial charge in [-0.1, -0.05) is 42.2 Å². The molecule has 0 fully saturated rings. The maximum atomic E-state index is 11.6. The molecule has 0 saturated heterocycles. The fraction of sp³-hybridized carbons (Fsp3) is 0.0952. The first-order valence-electron chi connectivity index (χ1n) is 8.39. The molecule has 0 aliphatic rings. The Bertz CT molecular complexity index is 1040. The van der Waals surface area contributed by atoms with Crippen LogP contribution >= 0.6 is 22.7 Å². The monoisotopic (exact) mass is 407 g/mol. The van der Waals surface area contributed by atoms with Gasteiger partial charge in [0.15, 0.2) is 0 Å². The van der Waals surface area contributed by atoms with E-state index in [9.17, 15) is 10.1 Å². The molecule has 1 amide bonds. The molecule has 0 aliphatic carbocycles. The lowest BCUT2D eigenvalue weighted by Gasteiger charge is -2.03. The summed E-state index contributed by atoms with van der Waals surface area (Å²) in [6.45, 7) is 5.51. The molecular weight excluding hydrogens is 390 g/mol. The van der Waals surface area contributed by atoms with Gasteiger partial charge in [0.25, 0.3) is 0 Å². The molecule has 28 heavy (non-hydrogen) atoms. The number of anilines is 1. The first-order chi connectivity index (χ1) is 13.6. The molecule has 7 heteroatoms. The molecule has 2 aromatic heterocycles. The number of nitrogens with one attached hydrogen (secondary N) is 1. The molecule has 0 bridgehead atoms. The number of nitrogens with zero attached hydrogens (tertiary/aromatic N) is 2. The molecule has 3 rings (SSSR count). The zero-order valence-corrected chi connectivity index (χ0v) is 16.8. The van der Waals surface area contributed by atoms with E-state index in [1.165, 1.54) is 29.6 Å². The minimum absolute atomic E-state index is 0.175. The summed E-state index contributed by atoms with van der Waals surface area (Å²) in [5.74, 6) is 0.559. The summed E-state index contributed by atoms with van der Waals surface area (Å²) in [4.78, 5) is 17.1. The van der Waals surface area contributed by atoms with E-state index in [2.05, 4.69) is 22.9 Å². The predicted octanol–water partition coefficient (Wildman–Crippen LogP) is 5.46. The largest absolute Gasteiger partial charge is 0.490 e. The van der Waals surface area contributed by atoms with Gasteiger partial charge in [-0.2, -0.15) is 5.26 Å². The molecular formula is C21H17N3O2S2. The number of ether oxygens (including phenoxy) is 1. The van der Waals surface area contributed by atoms with Crippen LogP contribution in [0.1, 0.15) is 17.5 Å². The van der Waals surface area contributed by atoms with Crippen LogP contribution in [-0.2, 0) is 4.79 Å². The molecule has 0 saturated carbocycles. The SMILES string of the molecule is C=CCOc1ccc(/C=C(\C#N)c2nc(-c3cccs3)c(NC(C)=O)s2)cc1. The molecule has 0 aliphatic heterocycles. The van der Waals surface area contributed by atoms with E-state index in [1.54, 1.807) is 12.2 Å². The Kier molecular flexibility index (Phi) is 6.37. The minimum atomic E-state index is -0.175. The van der Waals surface area contributed by atoms with Crippen molar-refractivity contribution in [3.8, 4) is 22.4 Å². The van der Waals surface area contributed by atoms with E-state index in [4.69, 9.17) is 4.74 Å². The summed E-state index contributed by atoms with van der Waals surface area (Å²) in [5, 5.41) is 15.6. The molecule has 1 N–H and O–H groups in total. The number of aromatic nitrogens is 1. The predicted molar refractivity (Wildman–Crippen MR) is 115 cm³/mol. The Balaban J connectivity index is 1.93. The van der Waals surface area contributed by atoms with E-state index < -0.39 is 0 Å². The summed E-state index contributed by atoms with van der Waals surface area (Å²) in [6.07, 6.45) is 3.45. The molecule has 0 spiro atoms. The average Bonchev–Trinajstić information content (AvgIpc) is 3.34. The molecule has 140 valence electrons. The number of amides is 1. The van der Waals surface area contributed by atoms with Gasteiger partial charge < -0.3 is 10.1 Å². The number of carbonyl (C=O) groups excluding carboxylic acids is 1. The highest BCUT2D eigenvalue weighted by atomic mass is 32.1. The van der Waals surface area contributed by atoms with Crippen molar-refractivity contribution in [1.29, 1.82) is 5.26 Å². The maximum Gasteiger partial charge on any atom is 0.221 e. The van der Waals surface area contributed by atoms with Crippen LogP contribution in [0.4, 0.5) is 5.00 Å². The quantitative estimate of drug-likeness (QED) is 0.417. The Labute approximate surface area is 171 Å². The van der Waals surface area contributed by atoms with Crippen molar-refractivity contribution in [3.63, 3.8) is 0 Å². The van der Waals surface area contributed by atoms with Gasteiger partial charge >= 0.3 is 0 Å². The number of benzene rings is 1. The van der Waals surface area contributed by atoms with Crippen molar-refractivity contribution in [2.45, 2.75) is 6.92 Å². The Morgan fingerprint density at radius 1 is 1.36 bits per heavy atom. The van der Waals surface area contributed by atoms with Crippen LogP contribution in [0.25, 0.3) is 22.2 Å². The Hall–Kier alpha value is -3.21. The topological polar surface area (TPSA) is 75.0 Å². The van der Waals surface area contributed by atoms with Gasteiger partial charge in [0.2, 0.25) is 5.91 Å². The number of nitriles is 1. The zero-order valence-electron chi connectivity index (χ0n) is 15.1. The standard InChI is InChI=1S/C21H17N3O2S2/c1-3-10-26-17-8-6-15(7-9-17)12-16(13-22)20-24-19(18-5-4-11-27-18)21(28-20)23-14(2)25/h3-9,11-12H,1,10H2,2H3,(H,23,25)/b16-12+. The van der Waals surface area contributed by atoms with E-state index in [1.807, 2.05) is 41.8 Å². The number of allylic oxidation sites excluding steroid dienone is 1. The normalized spacial score (nSPS) is 10.9. The summed E-state index contributed by atoms with van der Waals surface area (Å²) in [5.41, 5.74) is 1.97. The lowest BCUT2D eigenvalue weighted by molar-refractivity contribution is -0.114. The van der Waals surface area contributed by atoms with Crippen LogP contribution in [0.3, 0.4) is 0 Å². The van der Waals surface area contributed by atoms with Crippen molar-refractivity contribution in [3.05, 3.63) is 65.0 Å². The summed E-state index contributed by atoms with van der Waals surface area (Å²) in [6, 6.07) is 13.5. The molecule has 2 heterocycles. The Morgan fingerprint density at radius 2 is 2.14 bits per heavy atom. The van der Waals surface area contributed by atoms with Gasteiger partial charge in [-0.3, -0.25) is 4.79 Å². The smallest absolute Gasteiger partial charge is 0.221 e. The molecule has 3 aromatic rings. The summed E-state index contributed by atoms with van der Waals surface area (Å²) in [7, 11) is 0. The second kappa shape index (κ2) is 9.13. The maximum absolute atomic E-state index is 11.6. The van der Waals surface area contributed by atoms with Gasteiger partial charge in [-0.25, -0.2) is 4.98 Å². The third-order valence-electron chi connectivity index (χ3n) is 3.58.